The Bertz CT molecular complexity index is 661. The maximum Gasteiger partial charge on any atom is 0.0457 e. The third kappa shape index (κ3) is 2.12. The van der Waals surface area contributed by atoms with Crippen molar-refractivity contribution in [3.05, 3.63) is 64.5 Å². The van der Waals surface area contributed by atoms with Gasteiger partial charge in [0.05, 0.1) is 0 Å². The Balaban J connectivity index is 1.90. The van der Waals surface area contributed by atoms with Crippen molar-refractivity contribution < 1.29 is 0 Å². The summed E-state index contributed by atoms with van der Waals surface area (Å²) in [4.78, 5) is 4.64. The zero-order chi connectivity index (χ0) is 12.4. The van der Waals surface area contributed by atoms with E-state index in [1.54, 1.807) is 11.3 Å². The minimum atomic E-state index is 0.420. The van der Waals surface area contributed by atoms with Crippen LogP contribution in [0.15, 0.2) is 54.1 Å². The number of fused-ring (bicyclic) bond motifs is 1. The molecule has 0 saturated heterocycles. The summed E-state index contributed by atoms with van der Waals surface area (Å²) in [5.41, 5.74) is 2.57. The van der Waals surface area contributed by atoms with Crippen LogP contribution in [-0.2, 0) is 0 Å². The molecule has 3 rings (SSSR count). The van der Waals surface area contributed by atoms with E-state index in [1.165, 1.54) is 21.3 Å². The van der Waals surface area contributed by atoms with Gasteiger partial charge in [0.15, 0.2) is 0 Å². The van der Waals surface area contributed by atoms with E-state index in [-0.39, 0.29) is 0 Å². The molecule has 18 heavy (non-hydrogen) atoms. The molecule has 0 bridgehead atoms. The molecule has 1 aromatic carbocycles. The first kappa shape index (κ1) is 11.3. The Hall–Kier alpha value is -1.80. The van der Waals surface area contributed by atoms with Crippen molar-refractivity contribution in [1.82, 2.24) is 4.98 Å². The quantitative estimate of drug-likeness (QED) is 0.672. The van der Waals surface area contributed by atoms with Crippen molar-refractivity contribution in [2.24, 2.45) is 0 Å². The van der Waals surface area contributed by atoms with Crippen molar-refractivity contribution in [3.8, 4) is 0 Å². The summed E-state index contributed by atoms with van der Waals surface area (Å²) < 4.78 is 0. The molecular weight excluding hydrogens is 238 g/mol. The van der Waals surface area contributed by atoms with Gasteiger partial charge in [-0.2, -0.15) is 0 Å². The summed E-state index contributed by atoms with van der Waals surface area (Å²) in [6.07, 6.45) is 6.59. The molecule has 2 heterocycles. The lowest BCUT2D eigenvalue weighted by Gasteiger charge is -2.04. The normalized spacial score (nSPS) is 13.4. The molecule has 2 heteroatoms. The number of rotatable bonds is 3. The highest BCUT2D eigenvalue weighted by Gasteiger charge is 2.07. The summed E-state index contributed by atoms with van der Waals surface area (Å²) in [5, 5.41) is 3.43. The Morgan fingerprint density at radius 1 is 1.17 bits per heavy atom. The van der Waals surface area contributed by atoms with Crippen LogP contribution in [0.25, 0.3) is 17.0 Å². The van der Waals surface area contributed by atoms with E-state index in [4.69, 9.17) is 0 Å². The van der Waals surface area contributed by atoms with Crippen LogP contribution in [0, 0.1) is 0 Å². The molecule has 0 amide bonds. The predicted molar refractivity (Wildman–Crippen MR) is 80.1 cm³/mol. The number of para-hydroxylation sites is 1. The van der Waals surface area contributed by atoms with Crippen LogP contribution in [0.5, 0.6) is 0 Å². The molecule has 1 unspecified atom stereocenters. The van der Waals surface area contributed by atoms with Crippen LogP contribution in [0.2, 0.25) is 0 Å². The number of nitrogens with one attached hydrogen (secondary N) is 1. The van der Waals surface area contributed by atoms with Crippen LogP contribution in [-0.4, -0.2) is 4.98 Å². The summed E-state index contributed by atoms with van der Waals surface area (Å²) in [5.74, 6) is 0.420. The zero-order valence-corrected chi connectivity index (χ0v) is 11.1. The van der Waals surface area contributed by atoms with Crippen LogP contribution in [0.1, 0.15) is 23.3 Å². The van der Waals surface area contributed by atoms with Crippen molar-refractivity contribution in [2.45, 2.75) is 12.8 Å². The maximum atomic E-state index is 3.33. The van der Waals surface area contributed by atoms with Crippen molar-refractivity contribution >= 4 is 28.3 Å². The number of hydrogen-bond acceptors (Lipinski definition) is 1. The lowest BCUT2D eigenvalue weighted by molar-refractivity contribution is 0.984. The minimum absolute atomic E-state index is 0.420. The molecule has 3 aromatic rings. The fourth-order valence-electron chi connectivity index (χ4n) is 2.20. The van der Waals surface area contributed by atoms with Crippen molar-refractivity contribution in [3.63, 3.8) is 0 Å². The smallest absolute Gasteiger partial charge is 0.0457 e. The van der Waals surface area contributed by atoms with Gasteiger partial charge in [-0.05, 0) is 29.2 Å². The molecule has 0 aliphatic rings. The minimum Gasteiger partial charge on any atom is -0.361 e. The van der Waals surface area contributed by atoms with Gasteiger partial charge in [-0.3, -0.25) is 0 Å². The van der Waals surface area contributed by atoms with Crippen LogP contribution < -0.4 is 0 Å². The van der Waals surface area contributed by atoms with Gasteiger partial charge in [-0.15, -0.1) is 11.3 Å². The molecule has 0 fully saturated rings. The fraction of sp³-hybridized carbons (Fsp3) is 0.125. The summed E-state index contributed by atoms with van der Waals surface area (Å²) in [6.45, 7) is 2.24. The highest BCUT2D eigenvalue weighted by atomic mass is 32.1. The molecule has 2 aromatic heterocycles. The Morgan fingerprint density at radius 2 is 2.06 bits per heavy atom. The zero-order valence-electron chi connectivity index (χ0n) is 10.3. The summed E-state index contributed by atoms with van der Waals surface area (Å²) in [6, 6.07) is 12.7. The van der Waals surface area contributed by atoms with Gasteiger partial charge in [0.25, 0.3) is 0 Å². The summed E-state index contributed by atoms with van der Waals surface area (Å²) >= 11 is 1.77. The Labute approximate surface area is 111 Å². The first-order chi connectivity index (χ1) is 8.84. The highest BCUT2D eigenvalue weighted by molar-refractivity contribution is 7.10. The van der Waals surface area contributed by atoms with Gasteiger partial charge in [0, 0.05) is 27.9 Å². The van der Waals surface area contributed by atoms with Crippen LogP contribution in [0.4, 0.5) is 0 Å². The number of thiophene rings is 1. The number of aromatic nitrogens is 1. The first-order valence-corrected chi connectivity index (χ1v) is 7.00. The molecule has 0 radical (unpaired) electrons. The van der Waals surface area contributed by atoms with Crippen LogP contribution >= 0.6 is 11.3 Å². The number of allylic oxidation sites excluding steroid dienone is 1. The SMILES string of the molecule is CC(/C=C/c1cccs1)c1c[nH]c2ccccc12. The number of benzene rings is 1. The average molecular weight is 253 g/mol. The van der Waals surface area contributed by atoms with E-state index in [9.17, 15) is 0 Å². The molecule has 1 atom stereocenters. The fourth-order valence-corrected chi connectivity index (χ4v) is 2.83. The average Bonchev–Trinajstić information content (AvgIpc) is 3.05. The van der Waals surface area contributed by atoms with Gasteiger partial charge < -0.3 is 4.98 Å². The van der Waals surface area contributed by atoms with Gasteiger partial charge in [0.1, 0.15) is 0 Å². The second-order valence-corrected chi connectivity index (χ2v) is 5.43. The van der Waals surface area contributed by atoms with E-state index in [1.807, 2.05) is 0 Å². The molecule has 0 aliphatic heterocycles. The van der Waals surface area contributed by atoms with E-state index in [0.29, 0.717) is 5.92 Å². The van der Waals surface area contributed by atoms with E-state index < -0.39 is 0 Å². The topological polar surface area (TPSA) is 15.8 Å². The van der Waals surface area contributed by atoms with Gasteiger partial charge in [0.2, 0.25) is 0 Å². The lowest BCUT2D eigenvalue weighted by atomic mass is 10.00. The summed E-state index contributed by atoms with van der Waals surface area (Å²) in [7, 11) is 0. The Morgan fingerprint density at radius 3 is 2.89 bits per heavy atom. The monoisotopic (exact) mass is 253 g/mol. The predicted octanol–water partition coefficient (Wildman–Crippen LogP) is 5.05. The van der Waals surface area contributed by atoms with E-state index in [2.05, 4.69) is 72.0 Å². The van der Waals surface area contributed by atoms with E-state index in [0.717, 1.165) is 0 Å². The maximum absolute atomic E-state index is 3.33. The van der Waals surface area contributed by atoms with Crippen LogP contribution in [0.3, 0.4) is 0 Å². The molecule has 90 valence electrons. The second kappa shape index (κ2) is 4.83. The van der Waals surface area contributed by atoms with Gasteiger partial charge >= 0.3 is 0 Å². The second-order valence-electron chi connectivity index (χ2n) is 4.45. The number of H-pyrrole nitrogens is 1. The molecule has 0 spiro atoms. The van der Waals surface area contributed by atoms with Gasteiger partial charge in [-0.1, -0.05) is 37.3 Å². The lowest BCUT2D eigenvalue weighted by Crippen LogP contribution is -1.86. The number of aromatic amines is 1. The Kier molecular flexibility index (Phi) is 3.03. The third-order valence-electron chi connectivity index (χ3n) is 3.20. The van der Waals surface area contributed by atoms with Crippen molar-refractivity contribution in [1.29, 1.82) is 0 Å². The highest BCUT2D eigenvalue weighted by Crippen LogP contribution is 2.27. The molecular formula is C16H15NS. The molecule has 1 N–H and O–H groups in total. The van der Waals surface area contributed by atoms with Crippen molar-refractivity contribution in [2.75, 3.05) is 0 Å². The first-order valence-electron chi connectivity index (χ1n) is 6.12. The molecule has 0 aliphatic carbocycles. The largest absolute Gasteiger partial charge is 0.361 e. The standard InChI is InChI=1S/C16H15NS/c1-12(8-9-13-5-4-10-18-13)15-11-17-16-7-3-2-6-14(15)16/h2-12,17H,1H3/b9-8+. The third-order valence-corrected chi connectivity index (χ3v) is 4.04. The van der Waals surface area contributed by atoms with E-state index >= 15 is 0 Å². The van der Waals surface area contributed by atoms with Gasteiger partial charge in [-0.25, -0.2) is 0 Å². The molecule has 0 saturated carbocycles. The molecule has 1 nitrogen and oxygen atoms in total. The number of hydrogen-bond donors (Lipinski definition) is 1.